The zero-order chi connectivity index (χ0) is 14.9. The molecule has 3 rings (SSSR count). The number of hydrogen-bond donors (Lipinski definition) is 1. The Hall–Kier alpha value is -0.380. The molecule has 0 aromatic heterocycles. The minimum atomic E-state index is 0.199. The van der Waals surface area contributed by atoms with E-state index in [0.29, 0.717) is 0 Å². The smallest absolute Gasteiger partial charge is 0.0375 e. The normalized spacial score (nSPS) is 30.7. The first kappa shape index (κ1) is 15.5. The van der Waals surface area contributed by atoms with Crippen molar-refractivity contribution in [1.82, 2.24) is 4.90 Å². The average molecular weight is 351 g/mol. The highest BCUT2D eigenvalue weighted by Gasteiger charge is 2.39. The fraction of sp³-hybridized carbons (Fsp3) is 0.667. The Balaban J connectivity index is 1.83. The summed E-state index contributed by atoms with van der Waals surface area (Å²) in [5.41, 5.74) is 9.51. The number of fused-ring (bicyclic) bond motifs is 1. The summed E-state index contributed by atoms with van der Waals surface area (Å²) in [5, 5.41) is 0. The van der Waals surface area contributed by atoms with E-state index >= 15 is 0 Å². The van der Waals surface area contributed by atoms with Gasteiger partial charge in [0.25, 0.3) is 0 Å². The molecular formula is C18H27BrN2. The number of rotatable bonds is 2. The molecule has 1 heterocycles. The van der Waals surface area contributed by atoms with Gasteiger partial charge in [-0.2, -0.15) is 0 Å². The number of benzene rings is 1. The van der Waals surface area contributed by atoms with E-state index in [9.17, 15) is 0 Å². The summed E-state index contributed by atoms with van der Waals surface area (Å²) in [6, 6.07) is 6.76. The summed E-state index contributed by atoms with van der Waals surface area (Å²) < 4.78 is 1.20. The second kappa shape index (κ2) is 6.39. The highest BCUT2D eigenvalue weighted by Crippen LogP contribution is 2.35. The summed E-state index contributed by atoms with van der Waals surface area (Å²) in [6.45, 7) is 5.64. The monoisotopic (exact) mass is 350 g/mol. The summed E-state index contributed by atoms with van der Waals surface area (Å²) in [7, 11) is 0. The number of likely N-dealkylation sites (tertiary alicyclic amines) is 1. The molecule has 21 heavy (non-hydrogen) atoms. The van der Waals surface area contributed by atoms with E-state index in [0.717, 1.165) is 25.3 Å². The molecule has 1 saturated heterocycles. The first-order valence-corrected chi connectivity index (χ1v) is 9.15. The third-order valence-corrected chi connectivity index (χ3v) is 6.11. The van der Waals surface area contributed by atoms with Crippen molar-refractivity contribution in [3.8, 4) is 0 Å². The van der Waals surface area contributed by atoms with E-state index in [1.807, 2.05) is 0 Å². The SMILES string of the molecule is CC1CCCN(C2(CN)CCc3cc(Br)ccc3C2)CC1. The molecule has 1 aromatic carbocycles. The fourth-order valence-electron chi connectivity index (χ4n) is 4.12. The first-order chi connectivity index (χ1) is 10.1. The van der Waals surface area contributed by atoms with Crippen LogP contribution in [0.4, 0.5) is 0 Å². The van der Waals surface area contributed by atoms with Crippen molar-refractivity contribution >= 4 is 15.9 Å². The van der Waals surface area contributed by atoms with Crippen molar-refractivity contribution < 1.29 is 0 Å². The summed E-state index contributed by atoms with van der Waals surface area (Å²) in [5.74, 6) is 0.872. The molecule has 0 amide bonds. The fourth-order valence-corrected chi connectivity index (χ4v) is 4.53. The molecule has 1 fully saturated rings. The molecule has 3 heteroatoms. The molecule has 2 unspecified atom stereocenters. The highest BCUT2D eigenvalue weighted by atomic mass is 79.9. The molecule has 116 valence electrons. The van der Waals surface area contributed by atoms with Crippen molar-refractivity contribution in [2.45, 2.75) is 51.0 Å². The van der Waals surface area contributed by atoms with Gasteiger partial charge in [-0.25, -0.2) is 0 Å². The Morgan fingerprint density at radius 3 is 2.95 bits per heavy atom. The van der Waals surface area contributed by atoms with Gasteiger partial charge in [-0.1, -0.05) is 28.9 Å². The van der Waals surface area contributed by atoms with Gasteiger partial charge in [-0.3, -0.25) is 4.90 Å². The van der Waals surface area contributed by atoms with E-state index in [2.05, 4.69) is 46.0 Å². The maximum absolute atomic E-state index is 6.29. The predicted octanol–water partition coefficient (Wildman–Crippen LogP) is 3.76. The molecular weight excluding hydrogens is 324 g/mol. The third-order valence-electron chi connectivity index (χ3n) is 5.62. The van der Waals surface area contributed by atoms with Crippen molar-refractivity contribution in [1.29, 1.82) is 0 Å². The lowest BCUT2D eigenvalue weighted by atomic mass is 9.76. The molecule has 1 aliphatic carbocycles. The van der Waals surface area contributed by atoms with Crippen LogP contribution in [0, 0.1) is 5.92 Å². The summed E-state index contributed by atoms with van der Waals surface area (Å²) in [4.78, 5) is 2.72. The molecule has 2 nitrogen and oxygen atoms in total. The lowest BCUT2D eigenvalue weighted by Gasteiger charge is -2.46. The largest absolute Gasteiger partial charge is 0.329 e. The minimum Gasteiger partial charge on any atom is -0.329 e. The van der Waals surface area contributed by atoms with E-state index in [-0.39, 0.29) is 5.54 Å². The topological polar surface area (TPSA) is 29.3 Å². The van der Waals surface area contributed by atoms with Crippen LogP contribution in [0.25, 0.3) is 0 Å². The molecule has 2 atom stereocenters. The van der Waals surface area contributed by atoms with Crippen LogP contribution >= 0.6 is 15.9 Å². The van der Waals surface area contributed by atoms with Gasteiger partial charge in [-0.05, 0) is 80.8 Å². The standard InChI is InChI=1S/C18H27BrN2/c1-14-3-2-9-21(10-7-14)18(13-20)8-6-15-11-17(19)5-4-16(15)12-18/h4-5,11,14H,2-3,6-10,12-13,20H2,1H3. The van der Waals surface area contributed by atoms with Gasteiger partial charge < -0.3 is 5.73 Å². The van der Waals surface area contributed by atoms with Crippen LogP contribution in [0.2, 0.25) is 0 Å². The van der Waals surface area contributed by atoms with E-state index < -0.39 is 0 Å². The van der Waals surface area contributed by atoms with Gasteiger partial charge in [0.2, 0.25) is 0 Å². The molecule has 2 aliphatic rings. The summed E-state index contributed by atoms with van der Waals surface area (Å²) >= 11 is 3.59. The molecule has 2 N–H and O–H groups in total. The maximum atomic E-state index is 6.29. The van der Waals surface area contributed by atoms with Crippen molar-refractivity contribution in [3.05, 3.63) is 33.8 Å². The Bertz CT molecular complexity index is 502. The third kappa shape index (κ3) is 3.20. The quantitative estimate of drug-likeness (QED) is 0.879. The number of hydrogen-bond acceptors (Lipinski definition) is 2. The van der Waals surface area contributed by atoms with Crippen molar-refractivity contribution in [2.24, 2.45) is 11.7 Å². The average Bonchev–Trinajstić information content (AvgIpc) is 2.72. The molecule has 1 aliphatic heterocycles. The van der Waals surface area contributed by atoms with E-state index in [1.165, 1.54) is 54.4 Å². The summed E-state index contributed by atoms with van der Waals surface area (Å²) in [6.07, 6.45) is 7.53. The Morgan fingerprint density at radius 1 is 1.29 bits per heavy atom. The van der Waals surface area contributed by atoms with Crippen LogP contribution in [0.3, 0.4) is 0 Å². The molecule has 0 bridgehead atoms. The maximum Gasteiger partial charge on any atom is 0.0375 e. The van der Waals surface area contributed by atoms with Crippen LogP contribution in [0.1, 0.15) is 43.7 Å². The number of nitrogens with zero attached hydrogens (tertiary/aromatic N) is 1. The Labute approximate surface area is 137 Å². The van der Waals surface area contributed by atoms with E-state index in [1.54, 1.807) is 0 Å². The highest BCUT2D eigenvalue weighted by molar-refractivity contribution is 9.10. The van der Waals surface area contributed by atoms with Crippen LogP contribution in [-0.2, 0) is 12.8 Å². The van der Waals surface area contributed by atoms with E-state index in [4.69, 9.17) is 5.73 Å². The lowest BCUT2D eigenvalue weighted by molar-refractivity contribution is 0.0819. The van der Waals surface area contributed by atoms with Crippen LogP contribution in [0.15, 0.2) is 22.7 Å². The Morgan fingerprint density at radius 2 is 2.14 bits per heavy atom. The van der Waals surface area contributed by atoms with Gasteiger partial charge in [0.05, 0.1) is 0 Å². The van der Waals surface area contributed by atoms with Gasteiger partial charge >= 0.3 is 0 Å². The molecule has 0 radical (unpaired) electrons. The number of halogens is 1. The second-order valence-electron chi connectivity index (χ2n) is 7.04. The van der Waals surface area contributed by atoms with Crippen LogP contribution in [0.5, 0.6) is 0 Å². The first-order valence-electron chi connectivity index (χ1n) is 8.35. The van der Waals surface area contributed by atoms with Gasteiger partial charge in [0.1, 0.15) is 0 Å². The van der Waals surface area contributed by atoms with Crippen LogP contribution in [-0.4, -0.2) is 30.1 Å². The van der Waals surface area contributed by atoms with Crippen LogP contribution < -0.4 is 5.73 Å². The number of aryl methyl sites for hydroxylation is 1. The van der Waals surface area contributed by atoms with Crippen molar-refractivity contribution in [3.63, 3.8) is 0 Å². The van der Waals surface area contributed by atoms with Crippen molar-refractivity contribution in [2.75, 3.05) is 19.6 Å². The second-order valence-corrected chi connectivity index (χ2v) is 7.96. The predicted molar refractivity (Wildman–Crippen MR) is 92.5 cm³/mol. The zero-order valence-corrected chi connectivity index (χ0v) is 14.7. The number of nitrogens with two attached hydrogens (primary N) is 1. The molecule has 1 aromatic rings. The van der Waals surface area contributed by atoms with Gasteiger partial charge in [-0.15, -0.1) is 0 Å². The molecule has 0 spiro atoms. The van der Waals surface area contributed by atoms with Gasteiger partial charge in [0, 0.05) is 16.6 Å². The minimum absolute atomic E-state index is 0.199. The zero-order valence-electron chi connectivity index (χ0n) is 13.1. The van der Waals surface area contributed by atoms with Gasteiger partial charge in [0.15, 0.2) is 0 Å². The molecule has 0 saturated carbocycles. The lowest BCUT2D eigenvalue weighted by Crippen LogP contribution is -2.57. The Kier molecular flexibility index (Phi) is 4.72.